The fourth-order valence-electron chi connectivity index (χ4n) is 2.44. The maximum atomic E-state index is 9.29. The number of hydrogen-bond donors (Lipinski definition) is 1. The minimum Gasteiger partial charge on any atom is -0.493 e. The molecule has 1 unspecified atom stereocenters. The zero-order valence-electron chi connectivity index (χ0n) is 14.0. The van der Waals surface area contributed by atoms with Crippen molar-refractivity contribution in [1.82, 2.24) is 5.32 Å². The van der Waals surface area contributed by atoms with E-state index in [1.165, 1.54) is 11.1 Å². The molecule has 1 atom stereocenters. The number of unbranched alkanes of at least 4 members (excludes halogenated alkanes) is 1. The number of benzene rings is 1. The highest BCUT2D eigenvalue weighted by Crippen LogP contribution is 2.21. The van der Waals surface area contributed by atoms with Crippen molar-refractivity contribution in [3.63, 3.8) is 0 Å². The van der Waals surface area contributed by atoms with Crippen LogP contribution < -0.4 is 10.1 Å². The standard InChI is InChI=1S/C18H28N2O/c1-14(2)20-18(5,13-19)11-6-7-12-21-17-10-8-9-15(3)16(17)4/h8-10,14,20H,6-7,11-12H2,1-5H3. The highest BCUT2D eigenvalue weighted by atomic mass is 16.5. The van der Waals surface area contributed by atoms with Crippen LogP contribution in [-0.2, 0) is 0 Å². The Balaban J connectivity index is 2.35. The smallest absolute Gasteiger partial charge is 0.122 e. The van der Waals surface area contributed by atoms with E-state index in [0.29, 0.717) is 12.6 Å². The largest absolute Gasteiger partial charge is 0.493 e. The fourth-order valence-corrected chi connectivity index (χ4v) is 2.44. The molecule has 0 radical (unpaired) electrons. The molecule has 0 aliphatic heterocycles. The highest BCUT2D eigenvalue weighted by molar-refractivity contribution is 5.38. The average Bonchev–Trinajstić information content (AvgIpc) is 2.42. The summed E-state index contributed by atoms with van der Waals surface area (Å²) in [7, 11) is 0. The van der Waals surface area contributed by atoms with Gasteiger partial charge in [0, 0.05) is 6.04 Å². The van der Waals surface area contributed by atoms with Gasteiger partial charge in [0.15, 0.2) is 0 Å². The molecule has 1 N–H and O–H groups in total. The van der Waals surface area contributed by atoms with E-state index in [2.05, 4.69) is 45.1 Å². The van der Waals surface area contributed by atoms with E-state index < -0.39 is 5.54 Å². The van der Waals surface area contributed by atoms with E-state index in [1.54, 1.807) is 0 Å². The quantitative estimate of drug-likeness (QED) is 0.731. The molecule has 1 aromatic rings. The molecule has 21 heavy (non-hydrogen) atoms. The van der Waals surface area contributed by atoms with Crippen LogP contribution in [0.15, 0.2) is 18.2 Å². The van der Waals surface area contributed by atoms with Crippen molar-refractivity contribution in [3.8, 4) is 11.8 Å². The molecule has 0 spiro atoms. The van der Waals surface area contributed by atoms with Gasteiger partial charge in [0.2, 0.25) is 0 Å². The fraction of sp³-hybridized carbons (Fsp3) is 0.611. The Labute approximate surface area is 129 Å². The second kappa shape index (κ2) is 8.05. The third-order valence-electron chi connectivity index (χ3n) is 3.74. The average molecular weight is 288 g/mol. The SMILES string of the molecule is Cc1cccc(OCCCCC(C)(C#N)NC(C)C)c1C. The lowest BCUT2D eigenvalue weighted by molar-refractivity contribution is 0.290. The van der Waals surface area contributed by atoms with E-state index in [1.807, 2.05) is 19.1 Å². The summed E-state index contributed by atoms with van der Waals surface area (Å²) in [6, 6.07) is 8.84. The van der Waals surface area contributed by atoms with E-state index in [4.69, 9.17) is 4.74 Å². The van der Waals surface area contributed by atoms with Crippen LogP contribution in [0.4, 0.5) is 0 Å². The molecule has 0 aliphatic rings. The number of nitrogens with one attached hydrogen (secondary N) is 1. The van der Waals surface area contributed by atoms with E-state index in [-0.39, 0.29) is 0 Å². The lowest BCUT2D eigenvalue weighted by Crippen LogP contribution is -2.44. The maximum Gasteiger partial charge on any atom is 0.122 e. The molecular formula is C18H28N2O. The van der Waals surface area contributed by atoms with Crippen molar-refractivity contribution in [1.29, 1.82) is 5.26 Å². The van der Waals surface area contributed by atoms with Gasteiger partial charge < -0.3 is 4.74 Å². The molecule has 1 aromatic carbocycles. The van der Waals surface area contributed by atoms with E-state index >= 15 is 0 Å². The van der Waals surface area contributed by atoms with Crippen LogP contribution in [0.3, 0.4) is 0 Å². The summed E-state index contributed by atoms with van der Waals surface area (Å²) in [5.74, 6) is 0.971. The molecule has 0 aliphatic carbocycles. The van der Waals surface area contributed by atoms with Crippen molar-refractivity contribution >= 4 is 0 Å². The molecule has 3 heteroatoms. The van der Waals surface area contributed by atoms with Gasteiger partial charge in [0.05, 0.1) is 12.7 Å². The minimum atomic E-state index is -0.437. The van der Waals surface area contributed by atoms with E-state index in [9.17, 15) is 5.26 Å². The van der Waals surface area contributed by atoms with Gasteiger partial charge in [-0.25, -0.2) is 0 Å². The van der Waals surface area contributed by atoms with Crippen molar-refractivity contribution in [3.05, 3.63) is 29.3 Å². The van der Waals surface area contributed by atoms with Crippen LogP contribution in [0.1, 0.15) is 51.2 Å². The lowest BCUT2D eigenvalue weighted by Gasteiger charge is -2.25. The molecule has 0 aromatic heterocycles. The van der Waals surface area contributed by atoms with Gasteiger partial charge in [-0.3, -0.25) is 5.32 Å². The van der Waals surface area contributed by atoms with Crippen molar-refractivity contribution < 1.29 is 4.74 Å². The Bertz CT molecular complexity index is 490. The molecule has 116 valence electrons. The first-order chi connectivity index (χ1) is 9.88. The maximum absolute atomic E-state index is 9.29. The molecule has 1 rings (SSSR count). The summed E-state index contributed by atoms with van der Waals surface area (Å²) in [6.07, 6.45) is 2.79. The number of ether oxygens (including phenoxy) is 1. The summed E-state index contributed by atoms with van der Waals surface area (Å²) in [5.41, 5.74) is 2.03. The molecule has 0 heterocycles. The van der Waals surface area contributed by atoms with Crippen LogP contribution in [0.5, 0.6) is 5.75 Å². The Morgan fingerprint density at radius 3 is 2.62 bits per heavy atom. The third kappa shape index (κ3) is 5.77. The van der Waals surface area contributed by atoms with Crippen LogP contribution >= 0.6 is 0 Å². The zero-order valence-corrected chi connectivity index (χ0v) is 14.0. The molecular weight excluding hydrogens is 260 g/mol. The monoisotopic (exact) mass is 288 g/mol. The normalized spacial score (nSPS) is 13.8. The molecule has 0 saturated carbocycles. The van der Waals surface area contributed by atoms with Crippen LogP contribution in [0.25, 0.3) is 0 Å². The summed E-state index contributed by atoms with van der Waals surface area (Å²) in [4.78, 5) is 0. The van der Waals surface area contributed by atoms with Crippen LogP contribution in [-0.4, -0.2) is 18.2 Å². The zero-order chi connectivity index (χ0) is 15.9. The van der Waals surface area contributed by atoms with Crippen LogP contribution in [0, 0.1) is 25.2 Å². The summed E-state index contributed by atoms with van der Waals surface area (Å²) in [5, 5.41) is 12.6. The molecule has 0 saturated heterocycles. The first-order valence-corrected chi connectivity index (χ1v) is 7.76. The van der Waals surface area contributed by atoms with Gasteiger partial charge in [-0.2, -0.15) is 5.26 Å². The second-order valence-electron chi connectivity index (χ2n) is 6.25. The minimum absolute atomic E-state index is 0.320. The van der Waals surface area contributed by atoms with Crippen molar-refractivity contribution in [2.45, 2.75) is 65.5 Å². The lowest BCUT2D eigenvalue weighted by atomic mass is 9.96. The molecule has 3 nitrogen and oxygen atoms in total. The summed E-state index contributed by atoms with van der Waals surface area (Å²) < 4.78 is 5.84. The van der Waals surface area contributed by atoms with Gasteiger partial charge in [-0.15, -0.1) is 0 Å². The molecule has 0 amide bonds. The third-order valence-corrected chi connectivity index (χ3v) is 3.74. The predicted molar refractivity (Wildman–Crippen MR) is 87.6 cm³/mol. The number of rotatable bonds is 8. The first kappa shape index (κ1) is 17.5. The summed E-state index contributed by atoms with van der Waals surface area (Å²) in [6.45, 7) is 11.0. The van der Waals surface area contributed by atoms with E-state index in [0.717, 1.165) is 25.0 Å². The number of nitrogens with zero attached hydrogens (tertiary/aromatic N) is 1. The van der Waals surface area contributed by atoms with Gasteiger partial charge >= 0.3 is 0 Å². The second-order valence-corrected chi connectivity index (χ2v) is 6.25. The van der Waals surface area contributed by atoms with Crippen molar-refractivity contribution in [2.24, 2.45) is 0 Å². The predicted octanol–water partition coefficient (Wildman–Crippen LogP) is 4.13. The van der Waals surface area contributed by atoms with Gasteiger partial charge in [-0.05, 0) is 71.1 Å². The number of aryl methyl sites for hydroxylation is 1. The van der Waals surface area contributed by atoms with Crippen LogP contribution in [0.2, 0.25) is 0 Å². The first-order valence-electron chi connectivity index (χ1n) is 7.76. The van der Waals surface area contributed by atoms with Gasteiger partial charge in [-0.1, -0.05) is 12.1 Å². The number of hydrogen-bond acceptors (Lipinski definition) is 3. The highest BCUT2D eigenvalue weighted by Gasteiger charge is 2.23. The van der Waals surface area contributed by atoms with Gasteiger partial charge in [0.25, 0.3) is 0 Å². The Hall–Kier alpha value is -1.53. The van der Waals surface area contributed by atoms with Gasteiger partial charge in [0.1, 0.15) is 11.3 Å². The Morgan fingerprint density at radius 2 is 2.00 bits per heavy atom. The molecule has 0 bridgehead atoms. The topological polar surface area (TPSA) is 45.0 Å². The number of nitriles is 1. The summed E-state index contributed by atoms with van der Waals surface area (Å²) >= 11 is 0. The Morgan fingerprint density at radius 1 is 1.29 bits per heavy atom. The molecule has 0 fully saturated rings. The van der Waals surface area contributed by atoms with Crippen molar-refractivity contribution in [2.75, 3.05) is 6.61 Å². The Kier molecular flexibility index (Phi) is 6.71.